The summed E-state index contributed by atoms with van der Waals surface area (Å²) in [5.74, 6) is 0.0472. The van der Waals surface area contributed by atoms with E-state index in [9.17, 15) is 4.79 Å². The lowest BCUT2D eigenvalue weighted by Crippen LogP contribution is -2.22. The molecule has 0 saturated carbocycles. The molecule has 0 unspecified atom stereocenters. The highest BCUT2D eigenvalue weighted by molar-refractivity contribution is 5.72. The summed E-state index contributed by atoms with van der Waals surface area (Å²) in [7, 11) is 0. The summed E-state index contributed by atoms with van der Waals surface area (Å²) >= 11 is 0. The molecule has 1 N–H and O–H groups in total. The van der Waals surface area contributed by atoms with Crippen molar-refractivity contribution in [3.8, 4) is 0 Å². The number of carbonyl (C=O) groups excluding carboxylic acids is 1. The Morgan fingerprint density at radius 3 is 2.43 bits per heavy atom. The first-order valence-electron chi connectivity index (χ1n) is 4.98. The Bertz CT molecular complexity index is 296. The third-order valence-corrected chi connectivity index (χ3v) is 2.35. The Morgan fingerprint density at radius 2 is 1.93 bits per heavy atom. The minimum atomic E-state index is 0.0472. The van der Waals surface area contributed by atoms with Gasteiger partial charge in [-0.2, -0.15) is 0 Å². The van der Waals surface area contributed by atoms with E-state index in [0.717, 1.165) is 19.5 Å². The van der Waals surface area contributed by atoms with E-state index < -0.39 is 0 Å². The molecule has 0 aliphatic heterocycles. The van der Waals surface area contributed by atoms with Gasteiger partial charge >= 0.3 is 0 Å². The standard InChI is InChI=1S/C11H18N2O/c1-9-5-6-10(2)13(9)8-4-7-12-11(3)14/h5-6H,4,7-8H2,1-3H3,(H,12,14). The molecule has 0 aliphatic rings. The van der Waals surface area contributed by atoms with Gasteiger partial charge in [0.05, 0.1) is 0 Å². The summed E-state index contributed by atoms with van der Waals surface area (Å²) < 4.78 is 2.27. The van der Waals surface area contributed by atoms with Crippen LogP contribution in [-0.2, 0) is 11.3 Å². The molecule has 1 amide bonds. The van der Waals surface area contributed by atoms with Crippen LogP contribution in [0.4, 0.5) is 0 Å². The molecule has 0 radical (unpaired) electrons. The second-order valence-electron chi connectivity index (χ2n) is 3.60. The zero-order chi connectivity index (χ0) is 10.6. The van der Waals surface area contributed by atoms with Gasteiger partial charge in [-0.25, -0.2) is 0 Å². The fourth-order valence-electron chi connectivity index (χ4n) is 1.55. The van der Waals surface area contributed by atoms with Crippen LogP contribution in [0.3, 0.4) is 0 Å². The first kappa shape index (κ1) is 10.8. The fraction of sp³-hybridized carbons (Fsp3) is 0.545. The lowest BCUT2D eigenvalue weighted by molar-refractivity contribution is -0.118. The van der Waals surface area contributed by atoms with Gasteiger partial charge in [0.15, 0.2) is 0 Å². The van der Waals surface area contributed by atoms with E-state index in [2.05, 4.69) is 35.9 Å². The number of aryl methyl sites for hydroxylation is 2. The van der Waals surface area contributed by atoms with Gasteiger partial charge in [-0.15, -0.1) is 0 Å². The second-order valence-corrected chi connectivity index (χ2v) is 3.60. The van der Waals surface area contributed by atoms with Crippen molar-refractivity contribution in [2.45, 2.75) is 33.7 Å². The zero-order valence-corrected chi connectivity index (χ0v) is 9.13. The molecule has 3 nitrogen and oxygen atoms in total. The van der Waals surface area contributed by atoms with Gasteiger partial charge in [0.1, 0.15) is 0 Å². The van der Waals surface area contributed by atoms with Crippen LogP contribution in [0, 0.1) is 13.8 Å². The van der Waals surface area contributed by atoms with E-state index in [4.69, 9.17) is 0 Å². The highest BCUT2D eigenvalue weighted by atomic mass is 16.1. The van der Waals surface area contributed by atoms with Crippen LogP contribution in [-0.4, -0.2) is 17.0 Å². The topological polar surface area (TPSA) is 34.0 Å². The number of nitrogens with zero attached hydrogens (tertiary/aromatic N) is 1. The van der Waals surface area contributed by atoms with Crippen molar-refractivity contribution in [1.29, 1.82) is 0 Å². The summed E-state index contributed by atoms with van der Waals surface area (Å²) in [6.45, 7) is 7.49. The molecular formula is C11H18N2O. The summed E-state index contributed by atoms with van der Waals surface area (Å²) in [4.78, 5) is 10.6. The maximum absolute atomic E-state index is 10.6. The number of hydrogen-bond acceptors (Lipinski definition) is 1. The number of rotatable bonds is 4. The number of hydrogen-bond donors (Lipinski definition) is 1. The van der Waals surface area contributed by atoms with Crippen LogP contribution in [0.2, 0.25) is 0 Å². The maximum Gasteiger partial charge on any atom is 0.216 e. The number of aromatic nitrogens is 1. The summed E-state index contributed by atoms with van der Waals surface area (Å²) in [6.07, 6.45) is 0.982. The number of carbonyl (C=O) groups is 1. The lowest BCUT2D eigenvalue weighted by atomic mass is 10.4. The Kier molecular flexibility index (Phi) is 3.74. The van der Waals surface area contributed by atoms with Gasteiger partial charge in [0, 0.05) is 31.4 Å². The maximum atomic E-state index is 10.6. The van der Waals surface area contributed by atoms with Gasteiger partial charge in [-0.1, -0.05) is 0 Å². The van der Waals surface area contributed by atoms with Crippen LogP contribution in [0.15, 0.2) is 12.1 Å². The highest BCUT2D eigenvalue weighted by Gasteiger charge is 1.99. The van der Waals surface area contributed by atoms with Crippen LogP contribution < -0.4 is 5.32 Å². The molecule has 3 heteroatoms. The third kappa shape index (κ3) is 2.91. The smallest absolute Gasteiger partial charge is 0.216 e. The molecule has 0 aromatic carbocycles. The van der Waals surface area contributed by atoms with Gasteiger partial charge in [0.2, 0.25) is 5.91 Å². The van der Waals surface area contributed by atoms with Crippen molar-refractivity contribution in [2.75, 3.05) is 6.54 Å². The minimum Gasteiger partial charge on any atom is -0.356 e. The van der Waals surface area contributed by atoms with E-state index in [1.54, 1.807) is 6.92 Å². The number of nitrogens with one attached hydrogen (secondary N) is 1. The molecule has 0 spiro atoms. The lowest BCUT2D eigenvalue weighted by Gasteiger charge is -2.09. The van der Waals surface area contributed by atoms with E-state index >= 15 is 0 Å². The summed E-state index contributed by atoms with van der Waals surface area (Å²) in [6, 6.07) is 4.24. The molecule has 0 fully saturated rings. The molecule has 1 aromatic rings. The van der Waals surface area contributed by atoms with E-state index in [1.165, 1.54) is 11.4 Å². The molecular weight excluding hydrogens is 176 g/mol. The normalized spacial score (nSPS) is 10.2. The monoisotopic (exact) mass is 194 g/mol. The van der Waals surface area contributed by atoms with Crippen LogP contribution in [0.1, 0.15) is 24.7 Å². The van der Waals surface area contributed by atoms with Crippen LogP contribution in [0.5, 0.6) is 0 Å². The van der Waals surface area contributed by atoms with Gasteiger partial charge in [-0.3, -0.25) is 4.79 Å². The van der Waals surface area contributed by atoms with Gasteiger partial charge in [0.25, 0.3) is 0 Å². The van der Waals surface area contributed by atoms with Crippen molar-refractivity contribution in [2.24, 2.45) is 0 Å². The first-order valence-corrected chi connectivity index (χ1v) is 4.98. The Morgan fingerprint density at radius 1 is 1.36 bits per heavy atom. The predicted octanol–water partition coefficient (Wildman–Crippen LogP) is 1.63. The first-order chi connectivity index (χ1) is 6.61. The largest absolute Gasteiger partial charge is 0.356 e. The molecule has 0 saturated heterocycles. The van der Waals surface area contributed by atoms with Crippen molar-refractivity contribution >= 4 is 5.91 Å². The van der Waals surface area contributed by atoms with E-state index in [0.29, 0.717) is 0 Å². The average molecular weight is 194 g/mol. The molecule has 1 rings (SSSR count). The Balaban J connectivity index is 2.34. The number of amides is 1. The van der Waals surface area contributed by atoms with Gasteiger partial charge < -0.3 is 9.88 Å². The predicted molar refractivity (Wildman–Crippen MR) is 57.2 cm³/mol. The van der Waals surface area contributed by atoms with Crippen molar-refractivity contribution in [1.82, 2.24) is 9.88 Å². The van der Waals surface area contributed by atoms with Gasteiger partial charge in [-0.05, 0) is 32.4 Å². The van der Waals surface area contributed by atoms with Crippen LogP contribution >= 0.6 is 0 Å². The SMILES string of the molecule is CC(=O)NCCCn1c(C)ccc1C. The average Bonchev–Trinajstić information content (AvgIpc) is 2.42. The molecule has 0 aliphatic carbocycles. The van der Waals surface area contributed by atoms with Crippen molar-refractivity contribution in [3.05, 3.63) is 23.5 Å². The van der Waals surface area contributed by atoms with E-state index in [1.807, 2.05) is 0 Å². The second kappa shape index (κ2) is 4.84. The minimum absolute atomic E-state index is 0.0472. The Hall–Kier alpha value is -1.25. The zero-order valence-electron chi connectivity index (χ0n) is 9.13. The van der Waals surface area contributed by atoms with Crippen molar-refractivity contribution < 1.29 is 4.79 Å². The van der Waals surface area contributed by atoms with Crippen molar-refractivity contribution in [3.63, 3.8) is 0 Å². The highest BCUT2D eigenvalue weighted by Crippen LogP contribution is 2.07. The summed E-state index contributed by atoms with van der Waals surface area (Å²) in [5, 5.41) is 2.79. The Labute approximate surface area is 85.1 Å². The molecule has 14 heavy (non-hydrogen) atoms. The van der Waals surface area contributed by atoms with E-state index in [-0.39, 0.29) is 5.91 Å². The fourth-order valence-corrected chi connectivity index (χ4v) is 1.55. The molecule has 1 heterocycles. The molecule has 0 bridgehead atoms. The van der Waals surface area contributed by atoms with Crippen LogP contribution in [0.25, 0.3) is 0 Å². The molecule has 78 valence electrons. The quantitative estimate of drug-likeness (QED) is 0.726. The summed E-state index contributed by atoms with van der Waals surface area (Å²) in [5.41, 5.74) is 2.57. The molecule has 1 aromatic heterocycles. The third-order valence-electron chi connectivity index (χ3n) is 2.35. The molecule has 0 atom stereocenters.